The number of ether oxygens (including phenoxy) is 1. The first-order chi connectivity index (χ1) is 6.70. The molecule has 1 aromatic rings. The Bertz CT molecular complexity index is 390. The van der Waals surface area contributed by atoms with Crippen LogP contribution in [0.25, 0.3) is 10.4 Å². The van der Waals surface area contributed by atoms with Gasteiger partial charge < -0.3 is 9.84 Å². The average molecular weight is 193 g/mol. The number of nitrogens with zero attached hydrogens (tertiary/aromatic N) is 3. The van der Waals surface area contributed by atoms with Gasteiger partial charge in [-0.2, -0.15) is 0 Å². The predicted molar refractivity (Wildman–Crippen MR) is 48.8 cm³/mol. The minimum Gasteiger partial charge on any atom is -0.495 e. The summed E-state index contributed by atoms with van der Waals surface area (Å²) in [7, 11) is 1.32. The molecule has 0 radical (unpaired) electrons. The molecular formula is C8H7N3O3. The maximum Gasteiger partial charge on any atom is 0.339 e. The first-order valence-electron chi connectivity index (χ1n) is 3.66. The van der Waals surface area contributed by atoms with E-state index in [-0.39, 0.29) is 17.0 Å². The molecule has 0 atom stereocenters. The number of aromatic carboxylic acids is 1. The molecule has 0 heterocycles. The van der Waals surface area contributed by atoms with Crippen LogP contribution in [0.4, 0.5) is 5.69 Å². The predicted octanol–water partition coefficient (Wildman–Crippen LogP) is 2.34. The lowest BCUT2D eigenvalue weighted by molar-refractivity contribution is 0.0693. The summed E-state index contributed by atoms with van der Waals surface area (Å²) in [6.07, 6.45) is 0. The van der Waals surface area contributed by atoms with Crippen LogP contribution in [0.1, 0.15) is 10.4 Å². The second-order valence-corrected chi connectivity index (χ2v) is 2.35. The zero-order chi connectivity index (χ0) is 10.6. The van der Waals surface area contributed by atoms with Crippen molar-refractivity contribution in [3.63, 3.8) is 0 Å². The van der Waals surface area contributed by atoms with Crippen LogP contribution in [0.5, 0.6) is 5.75 Å². The summed E-state index contributed by atoms with van der Waals surface area (Å²) in [5, 5.41) is 12.1. The van der Waals surface area contributed by atoms with E-state index >= 15 is 0 Å². The van der Waals surface area contributed by atoms with Gasteiger partial charge in [-0.3, -0.25) is 0 Å². The molecular weight excluding hydrogens is 186 g/mol. The fourth-order valence-corrected chi connectivity index (χ4v) is 1.03. The van der Waals surface area contributed by atoms with Crippen molar-refractivity contribution in [2.24, 2.45) is 5.11 Å². The molecule has 0 aliphatic heterocycles. The Labute approximate surface area is 79.4 Å². The summed E-state index contributed by atoms with van der Waals surface area (Å²) in [5.41, 5.74) is 8.36. The first kappa shape index (κ1) is 9.88. The molecule has 6 nitrogen and oxygen atoms in total. The Morgan fingerprint density at radius 2 is 2.36 bits per heavy atom. The molecule has 0 saturated heterocycles. The van der Waals surface area contributed by atoms with Gasteiger partial charge in [-0.25, -0.2) is 4.79 Å². The Balaban J connectivity index is 3.39. The number of para-hydroxylation sites is 1. The normalized spacial score (nSPS) is 8.93. The average Bonchev–Trinajstić information content (AvgIpc) is 2.18. The molecule has 0 fully saturated rings. The minimum atomic E-state index is -1.13. The third-order valence-corrected chi connectivity index (χ3v) is 1.58. The maximum atomic E-state index is 10.7. The quantitative estimate of drug-likeness (QED) is 0.453. The van der Waals surface area contributed by atoms with Crippen LogP contribution in [0, 0.1) is 0 Å². The summed E-state index contributed by atoms with van der Waals surface area (Å²) in [5.74, 6) is -1.06. The van der Waals surface area contributed by atoms with Crippen LogP contribution in [0.3, 0.4) is 0 Å². The van der Waals surface area contributed by atoms with E-state index < -0.39 is 5.97 Å². The third-order valence-electron chi connectivity index (χ3n) is 1.58. The summed E-state index contributed by atoms with van der Waals surface area (Å²) < 4.78 is 4.84. The lowest BCUT2D eigenvalue weighted by Crippen LogP contribution is -1.99. The highest BCUT2D eigenvalue weighted by Crippen LogP contribution is 2.31. The first-order valence-corrected chi connectivity index (χ1v) is 3.66. The van der Waals surface area contributed by atoms with Crippen LogP contribution >= 0.6 is 0 Å². The van der Waals surface area contributed by atoms with Crippen LogP contribution in [0.15, 0.2) is 23.3 Å². The molecule has 0 amide bonds. The van der Waals surface area contributed by atoms with Crippen molar-refractivity contribution in [2.75, 3.05) is 7.11 Å². The maximum absolute atomic E-state index is 10.7. The molecule has 1 rings (SSSR count). The van der Waals surface area contributed by atoms with E-state index in [2.05, 4.69) is 10.0 Å². The van der Waals surface area contributed by atoms with Crippen LogP contribution in [-0.2, 0) is 0 Å². The van der Waals surface area contributed by atoms with Gasteiger partial charge in [-0.05, 0) is 17.7 Å². The largest absolute Gasteiger partial charge is 0.495 e. The number of methoxy groups -OCH3 is 1. The van der Waals surface area contributed by atoms with E-state index in [1.807, 2.05) is 0 Å². The van der Waals surface area contributed by atoms with Gasteiger partial charge in [0, 0.05) is 4.91 Å². The highest BCUT2D eigenvalue weighted by atomic mass is 16.5. The zero-order valence-electron chi connectivity index (χ0n) is 7.34. The van der Waals surface area contributed by atoms with Gasteiger partial charge in [-0.1, -0.05) is 11.2 Å². The Morgan fingerprint density at radius 3 is 2.86 bits per heavy atom. The molecule has 1 aromatic carbocycles. The number of carboxylic acids is 1. The lowest BCUT2D eigenvalue weighted by Gasteiger charge is -2.06. The molecule has 1 N–H and O–H groups in total. The van der Waals surface area contributed by atoms with E-state index in [0.29, 0.717) is 0 Å². The number of carbonyl (C=O) groups is 1. The summed E-state index contributed by atoms with van der Waals surface area (Å²) in [4.78, 5) is 13.3. The van der Waals surface area contributed by atoms with E-state index in [0.717, 1.165) is 0 Å². The molecule has 0 aliphatic rings. The van der Waals surface area contributed by atoms with E-state index in [1.54, 1.807) is 0 Å². The van der Waals surface area contributed by atoms with E-state index in [4.69, 9.17) is 15.4 Å². The molecule has 72 valence electrons. The highest BCUT2D eigenvalue weighted by molar-refractivity contribution is 5.93. The minimum absolute atomic E-state index is 0.0302. The van der Waals surface area contributed by atoms with Gasteiger partial charge in [0.1, 0.15) is 11.3 Å². The second-order valence-electron chi connectivity index (χ2n) is 2.35. The summed E-state index contributed by atoms with van der Waals surface area (Å²) in [6.45, 7) is 0. The van der Waals surface area contributed by atoms with Gasteiger partial charge in [0.2, 0.25) is 0 Å². The van der Waals surface area contributed by atoms with Gasteiger partial charge >= 0.3 is 5.97 Å². The number of azide groups is 1. The molecule has 0 aliphatic carbocycles. The van der Waals surface area contributed by atoms with Gasteiger partial charge in [0.25, 0.3) is 0 Å². The van der Waals surface area contributed by atoms with Crippen molar-refractivity contribution < 1.29 is 14.6 Å². The fourth-order valence-electron chi connectivity index (χ4n) is 1.03. The Morgan fingerprint density at radius 1 is 1.64 bits per heavy atom. The second kappa shape index (κ2) is 4.15. The van der Waals surface area contributed by atoms with Crippen molar-refractivity contribution in [3.8, 4) is 5.75 Å². The van der Waals surface area contributed by atoms with Crippen LogP contribution in [0.2, 0.25) is 0 Å². The number of hydrogen-bond acceptors (Lipinski definition) is 3. The molecule has 0 spiro atoms. The van der Waals surface area contributed by atoms with E-state index in [9.17, 15) is 4.79 Å². The van der Waals surface area contributed by atoms with Crippen LogP contribution in [-0.4, -0.2) is 18.2 Å². The number of hydrogen-bond donors (Lipinski definition) is 1. The van der Waals surface area contributed by atoms with Crippen molar-refractivity contribution in [1.82, 2.24) is 0 Å². The monoisotopic (exact) mass is 193 g/mol. The topological polar surface area (TPSA) is 95.3 Å². The van der Waals surface area contributed by atoms with Gasteiger partial charge in [0.05, 0.1) is 12.8 Å². The fraction of sp³-hybridized carbons (Fsp3) is 0.125. The van der Waals surface area contributed by atoms with Gasteiger partial charge in [0.15, 0.2) is 0 Å². The van der Waals surface area contributed by atoms with Crippen LogP contribution < -0.4 is 4.74 Å². The molecule has 0 bridgehead atoms. The smallest absolute Gasteiger partial charge is 0.339 e. The third kappa shape index (κ3) is 1.75. The highest BCUT2D eigenvalue weighted by Gasteiger charge is 2.13. The molecule has 6 heteroatoms. The summed E-state index contributed by atoms with van der Waals surface area (Å²) in [6, 6.07) is 4.33. The number of rotatable bonds is 3. The van der Waals surface area contributed by atoms with Crippen molar-refractivity contribution >= 4 is 11.7 Å². The van der Waals surface area contributed by atoms with Gasteiger partial charge in [-0.15, -0.1) is 0 Å². The SMILES string of the molecule is COc1c(N=[N+]=[N-])cccc1C(=O)O. The number of benzene rings is 1. The molecule has 0 saturated carbocycles. The molecule has 0 unspecified atom stereocenters. The van der Waals surface area contributed by atoms with Crippen molar-refractivity contribution in [3.05, 3.63) is 34.2 Å². The standard InChI is InChI=1S/C8H7N3O3/c1-14-7-5(8(12)13)3-2-4-6(7)10-11-9/h2-4H,1H3,(H,12,13). The molecule has 14 heavy (non-hydrogen) atoms. The molecule has 0 aromatic heterocycles. The Kier molecular flexibility index (Phi) is 2.93. The zero-order valence-corrected chi connectivity index (χ0v) is 7.34. The Hall–Kier alpha value is -2.20. The van der Waals surface area contributed by atoms with E-state index in [1.165, 1.54) is 25.3 Å². The summed E-state index contributed by atoms with van der Waals surface area (Å²) >= 11 is 0. The van der Waals surface area contributed by atoms with Crippen molar-refractivity contribution in [2.45, 2.75) is 0 Å². The van der Waals surface area contributed by atoms with Crippen molar-refractivity contribution in [1.29, 1.82) is 0 Å². The number of carboxylic acid groups (broad SMARTS) is 1. The lowest BCUT2D eigenvalue weighted by atomic mass is 10.2.